The molecule has 0 aromatic heterocycles. The monoisotopic (exact) mass is 227 g/mol. The van der Waals surface area contributed by atoms with Gasteiger partial charge in [-0.1, -0.05) is 13.8 Å². The number of likely N-dealkylation sites (tertiary alicyclic amines) is 1. The Morgan fingerprint density at radius 1 is 1.44 bits per heavy atom. The summed E-state index contributed by atoms with van der Waals surface area (Å²) in [5.41, 5.74) is 2.54. The van der Waals surface area contributed by atoms with E-state index in [9.17, 15) is 9.59 Å². The molecule has 0 aromatic rings. The van der Waals surface area contributed by atoms with Crippen LogP contribution in [0.2, 0.25) is 0 Å². The Hall–Kier alpha value is -0.940. The van der Waals surface area contributed by atoms with Crippen molar-refractivity contribution >= 4 is 11.7 Å². The fourth-order valence-electron chi connectivity index (χ4n) is 2.18. The number of ketones is 1. The highest BCUT2D eigenvalue weighted by molar-refractivity contribution is 5.90. The zero-order valence-corrected chi connectivity index (χ0v) is 10.2. The molecule has 0 aliphatic carbocycles. The summed E-state index contributed by atoms with van der Waals surface area (Å²) in [7, 11) is 0. The number of amides is 1. The van der Waals surface area contributed by atoms with Crippen LogP contribution < -0.4 is 11.3 Å². The van der Waals surface area contributed by atoms with Crippen molar-refractivity contribution in [2.75, 3.05) is 6.54 Å². The first kappa shape index (κ1) is 13.1. The summed E-state index contributed by atoms with van der Waals surface area (Å²) in [5, 5.41) is 0. The smallest absolute Gasteiger partial charge is 0.241 e. The quantitative estimate of drug-likeness (QED) is 0.526. The van der Waals surface area contributed by atoms with Crippen LogP contribution in [-0.2, 0) is 9.59 Å². The number of rotatable bonds is 4. The maximum Gasteiger partial charge on any atom is 0.241 e. The molecule has 5 nitrogen and oxygen atoms in total. The second kappa shape index (κ2) is 5.41. The molecule has 3 N–H and O–H groups in total. The molecular weight excluding hydrogens is 206 g/mol. The lowest BCUT2D eigenvalue weighted by molar-refractivity contribution is -0.139. The largest absolute Gasteiger partial charge is 0.331 e. The van der Waals surface area contributed by atoms with Gasteiger partial charge in [-0.05, 0) is 25.7 Å². The summed E-state index contributed by atoms with van der Waals surface area (Å²) < 4.78 is 0. The van der Waals surface area contributed by atoms with Gasteiger partial charge in [0.2, 0.25) is 5.91 Å². The average molecular weight is 227 g/mol. The number of hydrogen-bond donors (Lipinski definition) is 2. The summed E-state index contributed by atoms with van der Waals surface area (Å²) >= 11 is 0. The van der Waals surface area contributed by atoms with Crippen LogP contribution in [-0.4, -0.2) is 35.2 Å². The van der Waals surface area contributed by atoms with Gasteiger partial charge in [0.25, 0.3) is 0 Å². The highest BCUT2D eigenvalue weighted by Gasteiger charge is 2.35. The first-order valence-electron chi connectivity index (χ1n) is 5.76. The number of nitrogens with zero attached hydrogens (tertiary/aromatic N) is 1. The van der Waals surface area contributed by atoms with Gasteiger partial charge in [0.15, 0.2) is 5.78 Å². The van der Waals surface area contributed by atoms with E-state index in [-0.39, 0.29) is 23.7 Å². The second-order valence-electron chi connectivity index (χ2n) is 4.69. The van der Waals surface area contributed by atoms with E-state index in [0.29, 0.717) is 6.54 Å². The van der Waals surface area contributed by atoms with Crippen LogP contribution in [0.15, 0.2) is 0 Å². The Kier molecular flexibility index (Phi) is 4.44. The number of Topliss-reactive ketones (excluding diaryl/α,β-unsaturated/α-hetero) is 1. The molecule has 0 saturated carbocycles. The Morgan fingerprint density at radius 2 is 2.06 bits per heavy atom. The standard InChI is InChI=1S/C11H21N3O2/c1-7(2)10(13-12)11(16)14-6-4-5-9(14)8(3)15/h7,9-10,13H,4-6,12H2,1-3H3/t9-,10-/m0/s1. The predicted molar refractivity (Wildman–Crippen MR) is 61.4 cm³/mol. The molecule has 0 spiro atoms. The third-order valence-electron chi connectivity index (χ3n) is 3.12. The molecule has 1 heterocycles. The molecule has 1 rings (SSSR count). The van der Waals surface area contributed by atoms with E-state index in [1.54, 1.807) is 4.90 Å². The van der Waals surface area contributed by atoms with Crippen molar-refractivity contribution in [1.29, 1.82) is 0 Å². The van der Waals surface area contributed by atoms with Crippen molar-refractivity contribution in [2.45, 2.75) is 45.7 Å². The number of nitrogens with one attached hydrogen (secondary N) is 1. The maximum absolute atomic E-state index is 12.2. The van der Waals surface area contributed by atoms with Crippen molar-refractivity contribution in [3.8, 4) is 0 Å². The molecule has 1 amide bonds. The van der Waals surface area contributed by atoms with E-state index in [0.717, 1.165) is 12.8 Å². The third kappa shape index (κ3) is 2.59. The van der Waals surface area contributed by atoms with Crippen molar-refractivity contribution in [3.63, 3.8) is 0 Å². The van der Waals surface area contributed by atoms with Crippen molar-refractivity contribution in [1.82, 2.24) is 10.3 Å². The first-order chi connectivity index (χ1) is 7.49. The molecule has 5 heteroatoms. The van der Waals surface area contributed by atoms with Crippen LogP contribution in [0.5, 0.6) is 0 Å². The van der Waals surface area contributed by atoms with E-state index in [4.69, 9.17) is 5.84 Å². The lowest BCUT2D eigenvalue weighted by Crippen LogP contribution is -2.54. The van der Waals surface area contributed by atoms with Gasteiger partial charge >= 0.3 is 0 Å². The molecular formula is C11H21N3O2. The summed E-state index contributed by atoms with van der Waals surface area (Å²) in [5.74, 6) is 5.50. The molecule has 0 aromatic carbocycles. The normalized spacial score (nSPS) is 22.6. The SMILES string of the molecule is CC(=O)[C@@H]1CCCN1C(=O)[C@@H](NN)C(C)C. The van der Waals surface area contributed by atoms with Crippen molar-refractivity contribution < 1.29 is 9.59 Å². The molecule has 0 unspecified atom stereocenters. The van der Waals surface area contributed by atoms with Crippen LogP contribution in [0.1, 0.15) is 33.6 Å². The van der Waals surface area contributed by atoms with Crippen molar-refractivity contribution in [2.24, 2.45) is 11.8 Å². The number of carbonyl (C=O) groups excluding carboxylic acids is 2. The van der Waals surface area contributed by atoms with E-state index in [2.05, 4.69) is 5.43 Å². The van der Waals surface area contributed by atoms with Crippen LogP contribution in [0.4, 0.5) is 0 Å². The van der Waals surface area contributed by atoms with Crippen LogP contribution in [0.3, 0.4) is 0 Å². The third-order valence-corrected chi connectivity index (χ3v) is 3.12. The molecule has 1 aliphatic heterocycles. The minimum Gasteiger partial charge on any atom is -0.331 e. The van der Waals surface area contributed by atoms with E-state index >= 15 is 0 Å². The lowest BCUT2D eigenvalue weighted by Gasteiger charge is -2.28. The molecule has 16 heavy (non-hydrogen) atoms. The Balaban J connectivity index is 2.75. The van der Waals surface area contributed by atoms with Gasteiger partial charge in [-0.25, -0.2) is 5.43 Å². The minimum atomic E-state index is -0.403. The fraction of sp³-hybridized carbons (Fsp3) is 0.818. The van der Waals surface area contributed by atoms with E-state index in [1.165, 1.54) is 6.92 Å². The fourth-order valence-corrected chi connectivity index (χ4v) is 2.18. The van der Waals surface area contributed by atoms with E-state index < -0.39 is 6.04 Å². The predicted octanol–water partition coefficient (Wildman–Crippen LogP) is 0.0543. The van der Waals surface area contributed by atoms with Gasteiger partial charge in [-0.2, -0.15) is 0 Å². The zero-order valence-electron chi connectivity index (χ0n) is 10.2. The average Bonchev–Trinajstić information content (AvgIpc) is 2.65. The van der Waals surface area contributed by atoms with Gasteiger partial charge < -0.3 is 4.90 Å². The van der Waals surface area contributed by atoms with E-state index in [1.807, 2.05) is 13.8 Å². The molecule has 0 radical (unpaired) electrons. The molecule has 92 valence electrons. The number of nitrogens with two attached hydrogens (primary N) is 1. The molecule has 1 aliphatic rings. The molecule has 2 atom stereocenters. The second-order valence-corrected chi connectivity index (χ2v) is 4.69. The van der Waals surface area contributed by atoms with Gasteiger partial charge in [-0.3, -0.25) is 15.4 Å². The summed E-state index contributed by atoms with van der Waals surface area (Å²) in [6.45, 7) is 6.06. The highest BCUT2D eigenvalue weighted by Crippen LogP contribution is 2.20. The topological polar surface area (TPSA) is 75.4 Å². The van der Waals surface area contributed by atoms with Gasteiger partial charge in [-0.15, -0.1) is 0 Å². The minimum absolute atomic E-state index is 0.0600. The van der Waals surface area contributed by atoms with Gasteiger partial charge in [0, 0.05) is 6.54 Å². The number of hydrogen-bond acceptors (Lipinski definition) is 4. The molecule has 0 bridgehead atoms. The van der Waals surface area contributed by atoms with Crippen LogP contribution >= 0.6 is 0 Å². The maximum atomic E-state index is 12.2. The Bertz CT molecular complexity index is 278. The summed E-state index contributed by atoms with van der Waals surface area (Å²) in [6.07, 6.45) is 1.67. The molecule has 1 fully saturated rings. The number of carbonyl (C=O) groups is 2. The zero-order chi connectivity index (χ0) is 12.3. The summed E-state index contributed by atoms with van der Waals surface area (Å²) in [6, 6.07) is -0.651. The van der Waals surface area contributed by atoms with Crippen LogP contribution in [0, 0.1) is 5.92 Å². The molecule has 1 saturated heterocycles. The Morgan fingerprint density at radius 3 is 2.50 bits per heavy atom. The van der Waals surface area contributed by atoms with Gasteiger partial charge in [0.1, 0.15) is 6.04 Å². The van der Waals surface area contributed by atoms with Crippen molar-refractivity contribution in [3.05, 3.63) is 0 Å². The van der Waals surface area contributed by atoms with Gasteiger partial charge in [0.05, 0.1) is 6.04 Å². The number of hydrazine groups is 1. The first-order valence-corrected chi connectivity index (χ1v) is 5.76. The lowest BCUT2D eigenvalue weighted by atomic mass is 10.0. The highest BCUT2D eigenvalue weighted by atomic mass is 16.2. The van der Waals surface area contributed by atoms with Crippen LogP contribution in [0.25, 0.3) is 0 Å². The summed E-state index contributed by atoms with van der Waals surface area (Å²) in [4.78, 5) is 25.2. The Labute approximate surface area is 96.3 Å².